The van der Waals surface area contributed by atoms with E-state index in [4.69, 9.17) is 4.74 Å². The van der Waals surface area contributed by atoms with Crippen LogP contribution in [0.15, 0.2) is 75.5 Å². The quantitative estimate of drug-likeness (QED) is 0.291. The molecule has 0 spiro atoms. The van der Waals surface area contributed by atoms with Gasteiger partial charge in [0.15, 0.2) is 5.84 Å². The van der Waals surface area contributed by atoms with Crippen LogP contribution in [0.4, 0.5) is 13.2 Å². The summed E-state index contributed by atoms with van der Waals surface area (Å²) in [5, 5.41) is 9.52. The van der Waals surface area contributed by atoms with Crippen LogP contribution in [0.25, 0.3) is 0 Å². The second-order valence-corrected chi connectivity index (χ2v) is 9.41. The van der Waals surface area contributed by atoms with Crippen LogP contribution in [0.2, 0.25) is 0 Å². The molecule has 200 valence electrons. The Hall–Kier alpha value is -3.95. The lowest BCUT2D eigenvalue weighted by Gasteiger charge is -2.31. The molecule has 0 aromatic heterocycles. The maximum Gasteiger partial charge on any atom is 0.416 e. The first kappa shape index (κ1) is 27.1. The lowest BCUT2D eigenvalue weighted by molar-refractivity contribution is -0.137. The first-order chi connectivity index (χ1) is 18.1. The van der Waals surface area contributed by atoms with E-state index in [9.17, 15) is 23.1 Å². The van der Waals surface area contributed by atoms with E-state index in [1.165, 1.54) is 25.4 Å². The molecule has 1 saturated carbocycles. The number of alkyl halides is 3. The number of benzene rings is 2. The molecule has 1 atom stereocenters. The Bertz CT molecular complexity index is 1310. The highest BCUT2D eigenvalue weighted by molar-refractivity contribution is 6.38. The van der Waals surface area contributed by atoms with Crippen molar-refractivity contribution in [3.63, 3.8) is 0 Å². The van der Waals surface area contributed by atoms with Crippen LogP contribution in [0.5, 0.6) is 0 Å². The number of ether oxygens (including phenoxy) is 1. The van der Waals surface area contributed by atoms with Crippen molar-refractivity contribution in [1.82, 2.24) is 4.90 Å². The number of hydrogen-bond acceptors (Lipinski definition) is 4. The van der Waals surface area contributed by atoms with Crippen molar-refractivity contribution in [3.05, 3.63) is 82.7 Å². The number of nitrogens with zero attached hydrogens (tertiary/aromatic N) is 4. The minimum atomic E-state index is -4.44. The fraction of sp³-hybridized carbons (Fsp3) is 0.357. The van der Waals surface area contributed by atoms with Crippen molar-refractivity contribution < 1.29 is 27.8 Å². The topological polar surface area (TPSA) is 86.9 Å². The van der Waals surface area contributed by atoms with Crippen LogP contribution in [0, 0.1) is 12.8 Å². The van der Waals surface area contributed by atoms with Crippen molar-refractivity contribution in [1.29, 1.82) is 0 Å². The van der Waals surface area contributed by atoms with E-state index in [-0.39, 0.29) is 18.5 Å². The smallest absolute Gasteiger partial charge is 0.416 e. The number of carboxylic acid groups (broad SMARTS) is 1. The van der Waals surface area contributed by atoms with E-state index < -0.39 is 23.5 Å². The van der Waals surface area contributed by atoms with Crippen LogP contribution in [-0.4, -0.2) is 46.6 Å². The summed E-state index contributed by atoms with van der Waals surface area (Å²) in [5.74, 6) is -0.754. The lowest BCUT2D eigenvalue weighted by atomic mass is 9.82. The lowest BCUT2D eigenvalue weighted by Crippen LogP contribution is -2.29. The SMILES string of the molecule is CN=C(N=C1N=C(c2cccc(C)c2)N(Cc2ccc(C(F)(F)F)cc2)/C1=C\OC(C)C1CCC1)C(=O)O. The molecule has 2 aromatic carbocycles. The van der Waals surface area contributed by atoms with Gasteiger partial charge in [0.25, 0.3) is 0 Å². The molecule has 38 heavy (non-hydrogen) atoms. The van der Waals surface area contributed by atoms with Gasteiger partial charge in [-0.05, 0) is 56.4 Å². The Balaban J connectivity index is 1.78. The molecule has 0 bridgehead atoms. The molecular weight excluding hydrogens is 497 g/mol. The van der Waals surface area contributed by atoms with Crippen molar-refractivity contribution >= 4 is 23.5 Å². The predicted molar refractivity (Wildman–Crippen MR) is 139 cm³/mol. The van der Waals surface area contributed by atoms with Gasteiger partial charge in [-0.3, -0.25) is 4.99 Å². The molecule has 7 nitrogen and oxygen atoms in total. The summed E-state index contributed by atoms with van der Waals surface area (Å²) in [6, 6.07) is 12.5. The normalized spacial score (nSPS) is 19.5. The summed E-state index contributed by atoms with van der Waals surface area (Å²) in [4.78, 5) is 26.1. The van der Waals surface area contributed by atoms with Gasteiger partial charge in [-0.25, -0.2) is 14.8 Å². The molecule has 0 radical (unpaired) electrons. The molecule has 1 aliphatic carbocycles. The molecule has 0 saturated heterocycles. The van der Waals surface area contributed by atoms with E-state index in [0.29, 0.717) is 23.0 Å². The molecule has 4 rings (SSSR count). The Kier molecular flexibility index (Phi) is 7.99. The van der Waals surface area contributed by atoms with Gasteiger partial charge in [0.1, 0.15) is 17.8 Å². The number of hydrogen-bond donors (Lipinski definition) is 1. The molecule has 1 heterocycles. The zero-order valence-corrected chi connectivity index (χ0v) is 21.4. The second kappa shape index (κ2) is 11.2. The number of aryl methyl sites for hydroxylation is 1. The van der Waals surface area contributed by atoms with E-state index in [1.54, 1.807) is 4.90 Å². The van der Waals surface area contributed by atoms with Crippen LogP contribution in [-0.2, 0) is 22.3 Å². The monoisotopic (exact) mass is 526 g/mol. The highest BCUT2D eigenvalue weighted by Gasteiger charge is 2.33. The molecule has 1 N–H and O–H groups in total. The molecule has 1 fully saturated rings. The Labute approximate surface area is 219 Å². The third-order valence-electron chi connectivity index (χ3n) is 6.71. The highest BCUT2D eigenvalue weighted by Crippen LogP contribution is 2.33. The summed E-state index contributed by atoms with van der Waals surface area (Å²) in [7, 11) is 1.33. The number of halogens is 3. The maximum atomic E-state index is 13.1. The van der Waals surface area contributed by atoms with Gasteiger partial charge in [-0.15, -0.1) is 0 Å². The summed E-state index contributed by atoms with van der Waals surface area (Å²) < 4.78 is 45.5. The molecule has 1 unspecified atom stereocenters. The molecule has 0 amide bonds. The number of rotatable bonds is 6. The van der Waals surface area contributed by atoms with E-state index in [0.717, 1.165) is 42.5 Å². The summed E-state index contributed by atoms with van der Waals surface area (Å²) in [5.41, 5.74) is 1.98. The number of aliphatic carboxylic acids is 1. The first-order valence-electron chi connectivity index (χ1n) is 12.3. The average molecular weight is 527 g/mol. The average Bonchev–Trinajstić information content (AvgIpc) is 3.16. The number of amidine groups is 3. The third-order valence-corrected chi connectivity index (χ3v) is 6.71. The predicted octanol–water partition coefficient (Wildman–Crippen LogP) is 5.83. The first-order valence-corrected chi connectivity index (χ1v) is 12.3. The Morgan fingerprint density at radius 3 is 2.50 bits per heavy atom. The zero-order valence-electron chi connectivity index (χ0n) is 21.4. The van der Waals surface area contributed by atoms with Crippen LogP contribution in [0.3, 0.4) is 0 Å². The van der Waals surface area contributed by atoms with Gasteiger partial charge in [0, 0.05) is 19.2 Å². The van der Waals surface area contributed by atoms with Gasteiger partial charge in [0.05, 0.1) is 11.7 Å². The fourth-order valence-corrected chi connectivity index (χ4v) is 4.28. The fourth-order valence-electron chi connectivity index (χ4n) is 4.28. The highest BCUT2D eigenvalue weighted by atomic mass is 19.4. The van der Waals surface area contributed by atoms with E-state index in [2.05, 4.69) is 15.0 Å². The number of carboxylic acids is 1. The molecule has 2 aromatic rings. The second-order valence-electron chi connectivity index (χ2n) is 9.41. The summed E-state index contributed by atoms with van der Waals surface area (Å²) in [6.45, 7) is 4.06. The molecule has 2 aliphatic rings. The summed E-state index contributed by atoms with van der Waals surface area (Å²) >= 11 is 0. The Morgan fingerprint density at radius 2 is 1.95 bits per heavy atom. The zero-order chi connectivity index (χ0) is 27.4. The van der Waals surface area contributed by atoms with Crippen molar-refractivity contribution in [2.24, 2.45) is 20.9 Å². The maximum absolute atomic E-state index is 13.1. The minimum Gasteiger partial charge on any atom is -0.496 e. The van der Waals surface area contributed by atoms with E-state index in [1.807, 2.05) is 38.1 Å². The van der Waals surface area contributed by atoms with Crippen molar-refractivity contribution in [2.45, 2.75) is 51.9 Å². The summed E-state index contributed by atoms with van der Waals surface area (Å²) in [6.07, 6.45) is 0.287. The minimum absolute atomic E-state index is 0.0766. The molecule has 1 aliphatic heterocycles. The van der Waals surface area contributed by atoms with Crippen LogP contribution < -0.4 is 0 Å². The number of aliphatic imine (C=N–C) groups is 3. The van der Waals surface area contributed by atoms with Gasteiger partial charge in [-0.1, -0.05) is 42.3 Å². The van der Waals surface area contributed by atoms with Crippen LogP contribution >= 0.6 is 0 Å². The third kappa shape index (κ3) is 6.12. The van der Waals surface area contributed by atoms with Crippen molar-refractivity contribution in [3.8, 4) is 0 Å². The molecule has 10 heteroatoms. The number of carbonyl (C=O) groups is 1. The van der Waals surface area contributed by atoms with E-state index >= 15 is 0 Å². The van der Waals surface area contributed by atoms with Gasteiger partial charge < -0.3 is 14.7 Å². The van der Waals surface area contributed by atoms with Crippen molar-refractivity contribution in [2.75, 3.05) is 7.05 Å². The molecular formula is C28H29F3N4O3. The standard InChI is InChI=1S/C28H29F3N4O3/c1-17-6-4-9-21(14-17)26-34-24(33-25(32-3)27(36)37)23(16-38-18(2)20-7-5-8-20)35(26)15-19-10-12-22(13-11-19)28(29,30)31/h4,6,9-14,16,18,20H,5,7-8,15H2,1-3H3,(H,36,37)/b23-16-,32-25?,33-24?. The van der Waals surface area contributed by atoms with Gasteiger partial charge >= 0.3 is 12.1 Å². The Morgan fingerprint density at radius 1 is 1.24 bits per heavy atom. The van der Waals surface area contributed by atoms with Gasteiger partial charge in [0.2, 0.25) is 5.84 Å². The van der Waals surface area contributed by atoms with Gasteiger partial charge in [-0.2, -0.15) is 13.2 Å². The van der Waals surface area contributed by atoms with Crippen LogP contribution in [0.1, 0.15) is 48.4 Å². The largest absolute Gasteiger partial charge is 0.496 e.